The van der Waals surface area contributed by atoms with Gasteiger partial charge in [-0.3, -0.25) is 19.3 Å². The van der Waals surface area contributed by atoms with Gasteiger partial charge in [-0.1, -0.05) is 19.1 Å². The maximum Gasteiger partial charge on any atom is 0.325 e. The van der Waals surface area contributed by atoms with E-state index >= 15 is 0 Å². The average molecular weight is 362 g/mol. The van der Waals surface area contributed by atoms with Crippen LogP contribution in [0.2, 0.25) is 0 Å². The third kappa shape index (κ3) is 3.61. The predicted octanol–water partition coefficient (Wildman–Crippen LogP) is -0.285. The third-order valence-electron chi connectivity index (χ3n) is 4.32. The molecule has 1 aromatic carbocycles. The lowest BCUT2D eigenvalue weighted by molar-refractivity contribution is -0.135. The van der Waals surface area contributed by atoms with E-state index in [9.17, 15) is 19.2 Å². The maximum absolute atomic E-state index is 12.9. The molecule has 9 nitrogen and oxygen atoms in total. The van der Waals surface area contributed by atoms with Crippen LogP contribution in [-0.2, 0) is 19.9 Å². The molecule has 9 heteroatoms. The maximum atomic E-state index is 12.9. The van der Waals surface area contributed by atoms with E-state index in [0.29, 0.717) is 17.7 Å². The van der Waals surface area contributed by atoms with Gasteiger partial charge in [-0.25, -0.2) is 4.79 Å². The Morgan fingerprint density at radius 3 is 2.38 bits per heavy atom. The Morgan fingerprint density at radius 2 is 1.85 bits per heavy atom. The molecule has 1 fully saturated rings. The first kappa shape index (κ1) is 19.2. The van der Waals surface area contributed by atoms with E-state index in [4.69, 9.17) is 4.74 Å². The Hall–Kier alpha value is -3.10. The fraction of sp³-hybridized carbons (Fsp3) is 0.412. The van der Waals surface area contributed by atoms with Crippen molar-refractivity contribution in [3.05, 3.63) is 29.8 Å². The van der Waals surface area contributed by atoms with Crippen molar-refractivity contribution in [2.45, 2.75) is 18.9 Å². The highest BCUT2D eigenvalue weighted by molar-refractivity contribution is 6.09. The summed E-state index contributed by atoms with van der Waals surface area (Å²) in [5.41, 5.74) is -0.628. The smallest absolute Gasteiger partial charge is 0.325 e. The molecule has 1 saturated heterocycles. The molecule has 0 unspecified atom stereocenters. The quantitative estimate of drug-likeness (QED) is 0.577. The topological polar surface area (TPSA) is 117 Å². The second kappa shape index (κ2) is 7.85. The van der Waals surface area contributed by atoms with Gasteiger partial charge in [-0.15, -0.1) is 0 Å². The molecule has 0 spiro atoms. The summed E-state index contributed by atoms with van der Waals surface area (Å²) < 4.78 is 5.11. The normalized spacial score (nSPS) is 19.1. The highest BCUT2D eigenvalue weighted by atomic mass is 16.5. The zero-order valence-electron chi connectivity index (χ0n) is 14.9. The number of rotatable bonds is 7. The van der Waals surface area contributed by atoms with Crippen LogP contribution in [0, 0.1) is 0 Å². The van der Waals surface area contributed by atoms with E-state index in [1.165, 1.54) is 14.2 Å². The number of urea groups is 1. The van der Waals surface area contributed by atoms with Crippen molar-refractivity contribution in [1.29, 1.82) is 0 Å². The predicted molar refractivity (Wildman–Crippen MR) is 92.3 cm³/mol. The SMILES string of the molecule is CC[C@]1(c2ccc(OC)cc2)NC(=O)N(CC(=O)NCC(=O)NC)C1=O. The fourth-order valence-corrected chi connectivity index (χ4v) is 2.75. The number of imide groups is 1. The lowest BCUT2D eigenvalue weighted by atomic mass is 9.87. The summed E-state index contributed by atoms with van der Waals surface area (Å²) in [6, 6.07) is 6.16. The number of benzene rings is 1. The molecule has 2 rings (SSSR count). The van der Waals surface area contributed by atoms with Gasteiger partial charge in [0.05, 0.1) is 13.7 Å². The summed E-state index contributed by atoms with van der Waals surface area (Å²) in [7, 11) is 2.97. The number of methoxy groups -OCH3 is 1. The van der Waals surface area contributed by atoms with Gasteiger partial charge in [0.1, 0.15) is 17.8 Å². The molecule has 1 aliphatic rings. The Labute approximate surface area is 151 Å². The minimum Gasteiger partial charge on any atom is -0.497 e. The van der Waals surface area contributed by atoms with E-state index in [1.54, 1.807) is 31.2 Å². The van der Waals surface area contributed by atoms with Crippen LogP contribution < -0.4 is 20.7 Å². The number of carbonyl (C=O) groups is 4. The van der Waals surface area contributed by atoms with E-state index in [2.05, 4.69) is 16.0 Å². The average Bonchev–Trinajstić information content (AvgIpc) is 2.91. The molecule has 1 aliphatic heterocycles. The molecular weight excluding hydrogens is 340 g/mol. The Bertz CT molecular complexity index is 718. The van der Waals surface area contributed by atoms with E-state index in [-0.39, 0.29) is 12.5 Å². The van der Waals surface area contributed by atoms with Gasteiger partial charge in [-0.2, -0.15) is 0 Å². The molecule has 1 heterocycles. The summed E-state index contributed by atoms with van der Waals surface area (Å²) in [6.07, 6.45) is 0.320. The highest BCUT2D eigenvalue weighted by Gasteiger charge is 2.51. The van der Waals surface area contributed by atoms with E-state index in [0.717, 1.165) is 4.90 Å². The van der Waals surface area contributed by atoms with Crippen LogP contribution in [0.3, 0.4) is 0 Å². The fourth-order valence-electron chi connectivity index (χ4n) is 2.75. The molecule has 5 amide bonds. The van der Waals surface area contributed by atoms with Gasteiger partial charge in [0.25, 0.3) is 5.91 Å². The molecule has 0 radical (unpaired) electrons. The first-order valence-corrected chi connectivity index (χ1v) is 8.13. The second-order valence-electron chi connectivity index (χ2n) is 5.76. The number of hydrogen-bond acceptors (Lipinski definition) is 5. The van der Waals surface area contributed by atoms with Gasteiger partial charge in [-0.05, 0) is 24.1 Å². The Kier molecular flexibility index (Phi) is 5.81. The van der Waals surface area contributed by atoms with Crippen LogP contribution in [0.4, 0.5) is 4.79 Å². The highest BCUT2D eigenvalue weighted by Crippen LogP contribution is 2.33. The molecule has 0 saturated carbocycles. The molecule has 0 aliphatic carbocycles. The van der Waals surface area contributed by atoms with Crippen molar-refractivity contribution >= 4 is 23.8 Å². The number of ether oxygens (including phenoxy) is 1. The summed E-state index contributed by atoms with van der Waals surface area (Å²) in [6.45, 7) is 1.09. The van der Waals surface area contributed by atoms with Gasteiger partial charge < -0.3 is 20.7 Å². The minimum absolute atomic E-state index is 0.226. The first-order chi connectivity index (χ1) is 12.4. The van der Waals surface area contributed by atoms with Crippen LogP contribution >= 0.6 is 0 Å². The monoisotopic (exact) mass is 362 g/mol. The van der Waals surface area contributed by atoms with Crippen molar-refractivity contribution in [2.75, 3.05) is 27.2 Å². The molecule has 0 aromatic heterocycles. The van der Waals surface area contributed by atoms with Gasteiger partial charge in [0.15, 0.2) is 0 Å². The molecule has 140 valence electrons. The van der Waals surface area contributed by atoms with Crippen LogP contribution in [-0.4, -0.2) is 55.9 Å². The molecule has 3 N–H and O–H groups in total. The standard InChI is InChI=1S/C17H22N4O5/c1-4-17(11-5-7-12(26-3)8-6-11)15(24)21(16(25)20-17)10-14(23)19-9-13(22)18-2/h5-8H,4,9-10H2,1-3H3,(H,18,22)(H,19,23)(H,20,25)/t17-/m1/s1. The number of nitrogens with one attached hydrogen (secondary N) is 3. The van der Waals surface area contributed by atoms with E-state index < -0.39 is 29.9 Å². The van der Waals surface area contributed by atoms with Crippen LogP contribution in [0.1, 0.15) is 18.9 Å². The van der Waals surface area contributed by atoms with Gasteiger partial charge in [0, 0.05) is 7.05 Å². The minimum atomic E-state index is -1.23. The zero-order chi connectivity index (χ0) is 19.3. The van der Waals surface area contributed by atoms with Crippen LogP contribution in [0.15, 0.2) is 24.3 Å². The van der Waals surface area contributed by atoms with Crippen LogP contribution in [0.25, 0.3) is 0 Å². The number of carbonyl (C=O) groups excluding carboxylic acids is 4. The third-order valence-corrected chi connectivity index (χ3v) is 4.32. The summed E-state index contributed by atoms with van der Waals surface area (Å²) in [5, 5.41) is 7.41. The summed E-state index contributed by atoms with van der Waals surface area (Å²) in [5.74, 6) is -0.858. The zero-order valence-corrected chi connectivity index (χ0v) is 14.9. The van der Waals surface area contributed by atoms with E-state index in [1.807, 2.05) is 0 Å². The lowest BCUT2D eigenvalue weighted by Gasteiger charge is -2.25. The van der Waals surface area contributed by atoms with Crippen molar-refractivity contribution < 1.29 is 23.9 Å². The Balaban J connectivity index is 2.16. The molecule has 26 heavy (non-hydrogen) atoms. The van der Waals surface area contributed by atoms with Crippen molar-refractivity contribution in [3.63, 3.8) is 0 Å². The second-order valence-corrected chi connectivity index (χ2v) is 5.76. The summed E-state index contributed by atoms with van der Waals surface area (Å²) in [4.78, 5) is 49.2. The van der Waals surface area contributed by atoms with Crippen molar-refractivity contribution in [1.82, 2.24) is 20.9 Å². The Morgan fingerprint density at radius 1 is 1.19 bits per heavy atom. The summed E-state index contributed by atoms with van der Waals surface area (Å²) >= 11 is 0. The molecular formula is C17H22N4O5. The van der Waals surface area contributed by atoms with Gasteiger partial charge >= 0.3 is 6.03 Å². The number of hydrogen-bond donors (Lipinski definition) is 3. The lowest BCUT2D eigenvalue weighted by Crippen LogP contribution is -2.45. The molecule has 0 bridgehead atoms. The van der Waals surface area contributed by atoms with Crippen molar-refractivity contribution in [2.24, 2.45) is 0 Å². The van der Waals surface area contributed by atoms with Gasteiger partial charge in [0.2, 0.25) is 11.8 Å². The largest absolute Gasteiger partial charge is 0.497 e. The van der Waals surface area contributed by atoms with Crippen LogP contribution in [0.5, 0.6) is 5.75 Å². The number of amides is 5. The number of nitrogens with zero attached hydrogens (tertiary/aromatic N) is 1. The molecule has 1 atom stereocenters. The first-order valence-electron chi connectivity index (χ1n) is 8.13. The van der Waals surface area contributed by atoms with Crippen molar-refractivity contribution in [3.8, 4) is 5.75 Å². The molecule has 1 aromatic rings. The number of likely N-dealkylation sites (N-methyl/N-ethyl adjacent to an activating group) is 1.